The van der Waals surface area contributed by atoms with Gasteiger partial charge < -0.3 is 9.32 Å². The van der Waals surface area contributed by atoms with E-state index in [1.54, 1.807) is 10.9 Å². The van der Waals surface area contributed by atoms with Crippen LogP contribution in [-0.4, -0.2) is 32.1 Å². The fourth-order valence-corrected chi connectivity index (χ4v) is 4.04. The number of carbonyl (C=O) groups excluding carboxylic acids is 1. The molecule has 0 N–H and O–H groups in total. The van der Waals surface area contributed by atoms with Gasteiger partial charge in [0.2, 0.25) is 5.89 Å². The number of nitrogens with zero attached hydrogens (tertiary/aromatic N) is 4. The molecule has 1 fully saturated rings. The van der Waals surface area contributed by atoms with Crippen molar-refractivity contribution in [3.8, 4) is 0 Å². The number of amides is 1. The average Bonchev–Trinajstić information content (AvgIpc) is 3.35. The molecule has 0 bridgehead atoms. The molecule has 29 heavy (non-hydrogen) atoms. The summed E-state index contributed by atoms with van der Waals surface area (Å²) in [7, 11) is 1.84. The first-order valence-corrected chi connectivity index (χ1v) is 10.5. The lowest BCUT2D eigenvalue weighted by atomic mass is 10.0. The molecular formula is C23H28N4O2. The molecular weight excluding hydrogens is 364 g/mol. The Kier molecular flexibility index (Phi) is 5.79. The third-order valence-corrected chi connectivity index (χ3v) is 5.50. The normalized spacial score (nSPS) is 16.9. The van der Waals surface area contributed by atoms with E-state index in [0.717, 1.165) is 43.6 Å². The first kappa shape index (κ1) is 19.4. The molecule has 1 unspecified atom stereocenters. The Morgan fingerprint density at radius 2 is 2.07 bits per heavy atom. The number of rotatable bonds is 6. The van der Waals surface area contributed by atoms with Gasteiger partial charge in [0.15, 0.2) is 0 Å². The summed E-state index contributed by atoms with van der Waals surface area (Å²) < 4.78 is 7.79. The van der Waals surface area contributed by atoms with Crippen LogP contribution in [0.15, 0.2) is 47.0 Å². The quantitative estimate of drug-likeness (QED) is 0.627. The van der Waals surface area contributed by atoms with Crippen LogP contribution in [0.2, 0.25) is 0 Å². The minimum absolute atomic E-state index is 0.00913. The fourth-order valence-electron chi connectivity index (χ4n) is 4.04. The number of carbonyl (C=O) groups is 1. The van der Waals surface area contributed by atoms with Crippen molar-refractivity contribution in [2.75, 3.05) is 6.54 Å². The minimum Gasteiger partial charge on any atom is -0.443 e. The van der Waals surface area contributed by atoms with Crippen LogP contribution in [0.25, 0.3) is 0 Å². The van der Waals surface area contributed by atoms with Crippen LogP contribution >= 0.6 is 0 Å². The van der Waals surface area contributed by atoms with Crippen molar-refractivity contribution in [2.24, 2.45) is 7.05 Å². The zero-order valence-electron chi connectivity index (χ0n) is 17.2. The van der Waals surface area contributed by atoms with E-state index in [1.165, 1.54) is 5.56 Å². The van der Waals surface area contributed by atoms with Gasteiger partial charge in [0.1, 0.15) is 17.5 Å². The molecule has 1 saturated heterocycles. The van der Waals surface area contributed by atoms with E-state index in [0.29, 0.717) is 24.6 Å². The predicted molar refractivity (Wildman–Crippen MR) is 111 cm³/mol. The van der Waals surface area contributed by atoms with Gasteiger partial charge in [-0.2, -0.15) is 5.10 Å². The molecule has 152 valence electrons. The van der Waals surface area contributed by atoms with Crippen LogP contribution in [0, 0.1) is 0 Å². The van der Waals surface area contributed by atoms with Crippen molar-refractivity contribution in [1.82, 2.24) is 19.7 Å². The van der Waals surface area contributed by atoms with E-state index in [4.69, 9.17) is 4.42 Å². The molecule has 1 amide bonds. The Hall–Kier alpha value is -2.89. The van der Waals surface area contributed by atoms with E-state index < -0.39 is 0 Å². The SMILES string of the molecule is CCCc1cc(C(=O)N2CCCCC2c2ncc(Cc3ccccc3)o2)n(C)n1. The second-order valence-corrected chi connectivity index (χ2v) is 7.73. The molecule has 0 radical (unpaired) electrons. The van der Waals surface area contributed by atoms with Crippen molar-refractivity contribution in [3.63, 3.8) is 0 Å². The van der Waals surface area contributed by atoms with Crippen LogP contribution in [-0.2, 0) is 19.9 Å². The summed E-state index contributed by atoms with van der Waals surface area (Å²) in [5.74, 6) is 1.48. The van der Waals surface area contributed by atoms with Gasteiger partial charge in [0, 0.05) is 20.0 Å². The lowest BCUT2D eigenvalue weighted by Crippen LogP contribution is -2.39. The Bertz CT molecular complexity index is 960. The molecule has 4 rings (SSSR count). The molecule has 1 aliphatic heterocycles. The molecule has 2 aromatic heterocycles. The van der Waals surface area contributed by atoms with Crippen LogP contribution in [0.3, 0.4) is 0 Å². The van der Waals surface area contributed by atoms with Crippen molar-refractivity contribution >= 4 is 5.91 Å². The zero-order chi connectivity index (χ0) is 20.2. The van der Waals surface area contributed by atoms with Crippen molar-refractivity contribution in [3.05, 3.63) is 71.2 Å². The molecule has 0 aliphatic carbocycles. The van der Waals surface area contributed by atoms with Gasteiger partial charge in [-0.15, -0.1) is 0 Å². The fraction of sp³-hybridized carbons (Fsp3) is 0.435. The topological polar surface area (TPSA) is 64.2 Å². The summed E-state index contributed by atoms with van der Waals surface area (Å²) in [5, 5.41) is 4.50. The number of aryl methyl sites for hydroxylation is 2. The predicted octanol–water partition coefficient (Wildman–Crippen LogP) is 4.32. The third-order valence-electron chi connectivity index (χ3n) is 5.50. The summed E-state index contributed by atoms with van der Waals surface area (Å²) >= 11 is 0. The van der Waals surface area contributed by atoms with E-state index in [9.17, 15) is 4.79 Å². The van der Waals surface area contributed by atoms with Crippen LogP contribution in [0.1, 0.15) is 72.0 Å². The summed E-state index contributed by atoms with van der Waals surface area (Å²) in [5.41, 5.74) is 2.79. The maximum absolute atomic E-state index is 13.3. The van der Waals surface area contributed by atoms with Gasteiger partial charge in [-0.25, -0.2) is 4.98 Å². The molecule has 0 saturated carbocycles. The maximum atomic E-state index is 13.3. The molecule has 1 atom stereocenters. The molecule has 3 aromatic rings. The van der Waals surface area contributed by atoms with E-state index >= 15 is 0 Å². The highest BCUT2D eigenvalue weighted by molar-refractivity contribution is 5.93. The van der Waals surface area contributed by atoms with Gasteiger partial charge in [0.25, 0.3) is 5.91 Å². The average molecular weight is 393 g/mol. The Labute approximate surface area is 171 Å². The first-order chi connectivity index (χ1) is 14.2. The highest BCUT2D eigenvalue weighted by Crippen LogP contribution is 2.32. The van der Waals surface area contributed by atoms with Gasteiger partial charge in [-0.3, -0.25) is 9.48 Å². The van der Waals surface area contributed by atoms with E-state index in [1.807, 2.05) is 36.2 Å². The zero-order valence-corrected chi connectivity index (χ0v) is 17.2. The number of oxazole rings is 1. The second kappa shape index (κ2) is 8.64. The maximum Gasteiger partial charge on any atom is 0.272 e. The number of hydrogen-bond donors (Lipinski definition) is 0. The Morgan fingerprint density at radius 1 is 1.24 bits per heavy atom. The Morgan fingerprint density at radius 3 is 2.86 bits per heavy atom. The van der Waals surface area contributed by atoms with Gasteiger partial charge in [-0.1, -0.05) is 43.7 Å². The second-order valence-electron chi connectivity index (χ2n) is 7.73. The largest absolute Gasteiger partial charge is 0.443 e. The summed E-state index contributed by atoms with van der Waals surface area (Å²) in [6.45, 7) is 2.83. The summed E-state index contributed by atoms with van der Waals surface area (Å²) in [4.78, 5) is 19.8. The third kappa shape index (κ3) is 4.26. The number of likely N-dealkylation sites (tertiary alicyclic amines) is 1. The van der Waals surface area contributed by atoms with Crippen molar-refractivity contribution < 1.29 is 9.21 Å². The monoisotopic (exact) mass is 392 g/mol. The minimum atomic E-state index is -0.120. The standard InChI is InChI=1S/C23H28N4O2/c1-3-9-18-15-21(26(2)25-18)23(28)27-13-8-7-12-20(27)22-24-16-19(29-22)14-17-10-5-4-6-11-17/h4-6,10-11,15-16,20H,3,7-9,12-14H2,1-2H3. The van der Waals surface area contributed by atoms with Crippen LogP contribution in [0.4, 0.5) is 0 Å². The molecule has 6 heteroatoms. The lowest BCUT2D eigenvalue weighted by molar-refractivity contribution is 0.0558. The van der Waals surface area contributed by atoms with Gasteiger partial charge in [-0.05, 0) is 37.3 Å². The summed E-state index contributed by atoms with van der Waals surface area (Å²) in [6.07, 6.45) is 7.33. The molecule has 1 aromatic carbocycles. The van der Waals surface area contributed by atoms with Crippen molar-refractivity contribution in [2.45, 2.75) is 51.5 Å². The molecule has 6 nitrogen and oxygen atoms in total. The number of hydrogen-bond acceptors (Lipinski definition) is 4. The Balaban J connectivity index is 1.54. The smallest absolute Gasteiger partial charge is 0.272 e. The lowest BCUT2D eigenvalue weighted by Gasteiger charge is -2.33. The molecule has 0 spiro atoms. The molecule has 1 aliphatic rings. The van der Waals surface area contributed by atoms with E-state index in [2.05, 4.69) is 29.1 Å². The first-order valence-electron chi connectivity index (χ1n) is 10.5. The molecule has 3 heterocycles. The number of piperidine rings is 1. The highest BCUT2D eigenvalue weighted by Gasteiger charge is 2.33. The van der Waals surface area contributed by atoms with Crippen LogP contribution in [0.5, 0.6) is 0 Å². The van der Waals surface area contributed by atoms with Gasteiger partial charge in [0.05, 0.1) is 11.9 Å². The number of aromatic nitrogens is 3. The number of benzene rings is 1. The van der Waals surface area contributed by atoms with Gasteiger partial charge >= 0.3 is 0 Å². The highest BCUT2D eigenvalue weighted by atomic mass is 16.4. The van der Waals surface area contributed by atoms with Crippen molar-refractivity contribution in [1.29, 1.82) is 0 Å². The van der Waals surface area contributed by atoms with E-state index in [-0.39, 0.29) is 11.9 Å². The van der Waals surface area contributed by atoms with Crippen LogP contribution < -0.4 is 0 Å². The summed E-state index contributed by atoms with van der Waals surface area (Å²) in [6, 6.07) is 12.0.